The van der Waals surface area contributed by atoms with Crippen molar-refractivity contribution in [3.05, 3.63) is 65.6 Å². The van der Waals surface area contributed by atoms with Gasteiger partial charge in [0.2, 0.25) is 5.91 Å². The first-order chi connectivity index (χ1) is 15.0. The van der Waals surface area contributed by atoms with Crippen LogP contribution >= 0.6 is 0 Å². The van der Waals surface area contributed by atoms with Crippen LogP contribution in [0.4, 0.5) is 17.4 Å². The fraction of sp³-hybridized carbons (Fsp3) is 0.261. The molecule has 1 amide bonds. The number of nitrogens with one attached hydrogen (secondary N) is 2. The van der Waals surface area contributed by atoms with E-state index in [4.69, 9.17) is 15.6 Å². The molecule has 0 radical (unpaired) electrons. The Balaban J connectivity index is 1.47. The molecule has 1 aliphatic heterocycles. The molecule has 2 aliphatic rings. The highest BCUT2D eigenvalue weighted by atomic mass is 16.4. The Labute approximate surface area is 181 Å². The second kappa shape index (κ2) is 9.01. The fourth-order valence-electron chi connectivity index (χ4n) is 3.53. The first-order valence-electron chi connectivity index (χ1n) is 10.2. The van der Waals surface area contributed by atoms with Gasteiger partial charge in [0.05, 0.1) is 6.20 Å². The summed E-state index contributed by atoms with van der Waals surface area (Å²) in [5.41, 5.74) is 9.33. The Morgan fingerprint density at radius 1 is 1.26 bits per heavy atom. The molecule has 1 saturated heterocycles. The van der Waals surface area contributed by atoms with Crippen LogP contribution in [0.25, 0.3) is 5.57 Å². The third-order valence-electron chi connectivity index (χ3n) is 5.45. The molecule has 4 N–H and O–H groups in total. The summed E-state index contributed by atoms with van der Waals surface area (Å²) < 4.78 is 5.85. The van der Waals surface area contributed by atoms with Crippen LogP contribution in [0.15, 0.2) is 58.7 Å². The average molecular weight is 419 g/mol. The standard InChI is InChI=1S/C23H26N6O2/c1-28-9-11-29(12-10-28)22(30)17-4-2-3-16(5-6-17)21-15-26-23(31-21)27-19-7-8-20(25)18(13-19)14-24/h2-3,5-8,13-15,24H,4,9-12,25H2,1H3,(H,26,27). The van der Waals surface area contributed by atoms with E-state index in [1.165, 1.54) is 6.21 Å². The van der Waals surface area contributed by atoms with Crippen molar-refractivity contribution in [1.29, 1.82) is 5.41 Å². The summed E-state index contributed by atoms with van der Waals surface area (Å²) in [7, 11) is 2.07. The number of aromatic nitrogens is 1. The first kappa shape index (κ1) is 20.6. The summed E-state index contributed by atoms with van der Waals surface area (Å²) in [6, 6.07) is 5.63. The summed E-state index contributed by atoms with van der Waals surface area (Å²) in [5, 5.41) is 10.5. The fourth-order valence-corrected chi connectivity index (χ4v) is 3.53. The zero-order chi connectivity index (χ0) is 21.8. The van der Waals surface area contributed by atoms with Crippen LogP contribution in [0.3, 0.4) is 0 Å². The van der Waals surface area contributed by atoms with E-state index in [1.54, 1.807) is 24.4 Å². The molecule has 4 rings (SSSR count). The van der Waals surface area contributed by atoms with Crippen molar-refractivity contribution in [1.82, 2.24) is 14.8 Å². The summed E-state index contributed by atoms with van der Waals surface area (Å²) in [6.45, 7) is 3.32. The van der Waals surface area contributed by atoms with E-state index < -0.39 is 0 Å². The molecular weight excluding hydrogens is 392 g/mol. The Hall–Kier alpha value is -3.65. The number of allylic oxidation sites excluding steroid dienone is 5. The third-order valence-corrected chi connectivity index (χ3v) is 5.45. The van der Waals surface area contributed by atoms with Gasteiger partial charge in [0.15, 0.2) is 5.76 Å². The van der Waals surface area contributed by atoms with Crippen LogP contribution < -0.4 is 11.1 Å². The van der Waals surface area contributed by atoms with Crippen molar-refractivity contribution >= 4 is 35.1 Å². The van der Waals surface area contributed by atoms with Gasteiger partial charge in [0.25, 0.3) is 6.01 Å². The van der Waals surface area contributed by atoms with Crippen molar-refractivity contribution in [3.8, 4) is 0 Å². The number of piperazine rings is 1. The van der Waals surface area contributed by atoms with Gasteiger partial charge >= 0.3 is 0 Å². The number of nitrogens with zero attached hydrogens (tertiary/aromatic N) is 3. The number of carbonyl (C=O) groups excluding carboxylic acids is 1. The minimum absolute atomic E-state index is 0.0977. The van der Waals surface area contributed by atoms with Gasteiger partial charge in [-0.1, -0.05) is 24.3 Å². The van der Waals surface area contributed by atoms with E-state index in [9.17, 15) is 4.79 Å². The molecule has 2 heterocycles. The molecule has 0 atom stereocenters. The van der Waals surface area contributed by atoms with E-state index in [0.29, 0.717) is 29.4 Å². The molecule has 2 aromatic rings. The predicted octanol–water partition coefficient (Wildman–Crippen LogP) is 3.04. The maximum absolute atomic E-state index is 12.8. The Morgan fingerprint density at radius 2 is 2.06 bits per heavy atom. The van der Waals surface area contributed by atoms with Crippen molar-refractivity contribution in [3.63, 3.8) is 0 Å². The summed E-state index contributed by atoms with van der Waals surface area (Å²) >= 11 is 0. The lowest BCUT2D eigenvalue weighted by molar-refractivity contribution is -0.128. The molecule has 1 aliphatic carbocycles. The topological polar surface area (TPSA) is 111 Å². The van der Waals surface area contributed by atoms with Crippen molar-refractivity contribution in [2.75, 3.05) is 44.3 Å². The lowest BCUT2D eigenvalue weighted by Gasteiger charge is -2.32. The van der Waals surface area contributed by atoms with Crippen LogP contribution in [-0.2, 0) is 4.79 Å². The van der Waals surface area contributed by atoms with E-state index in [-0.39, 0.29) is 5.91 Å². The van der Waals surface area contributed by atoms with Crippen molar-refractivity contribution in [2.24, 2.45) is 0 Å². The highest BCUT2D eigenvalue weighted by Gasteiger charge is 2.22. The highest BCUT2D eigenvalue weighted by molar-refractivity contribution is 5.95. The number of carbonyl (C=O) groups is 1. The van der Waals surface area contributed by atoms with Crippen LogP contribution in [0.5, 0.6) is 0 Å². The maximum Gasteiger partial charge on any atom is 0.299 e. The molecule has 0 bridgehead atoms. The Bertz CT molecular complexity index is 1070. The zero-order valence-corrected chi connectivity index (χ0v) is 17.5. The number of nitrogen functional groups attached to an aromatic ring is 1. The number of likely N-dealkylation sites (N-methyl/N-ethyl adjacent to an activating group) is 1. The maximum atomic E-state index is 12.8. The minimum Gasteiger partial charge on any atom is -0.423 e. The molecule has 0 spiro atoms. The van der Waals surface area contributed by atoms with Gasteiger partial charge in [-0.3, -0.25) is 4.79 Å². The van der Waals surface area contributed by atoms with Crippen LogP contribution in [-0.4, -0.2) is 60.1 Å². The first-order valence-corrected chi connectivity index (χ1v) is 10.2. The normalized spacial score (nSPS) is 17.0. The Kier molecular flexibility index (Phi) is 5.99. The lowest BCUT2D eigenvalue weighted by Crippen LogP contribution is -2.47. The molecule has 0 saturated carbocycles. The van der Waals surface area contributed by atoms with Crippen LogP contribution in [0, 0.1) is 5.41 Å². The largest absolute Gasteiger partial charge is 0.423 e. The number of oxazole rings is 1. The number of hydrogen-bond donors (Lipinski definition) is 3. The lowest BCUT2D eigenvalue weighted by atomic mass is 10.1. The van der Waals surface area contributed by atoms with Gasteiger partial charge in [-0.2, -0.15) is 0 Å². The summed E-state index contributed by atoms with van der Waals surface area (Å²) in [5.74, 6) is 0.701. The van der Waals surface area contributed by atoms with Crippen LogP contribution in [0.2, 0.25) is 0 Å². The van der Waals surface area contributed by atoms with Crippen molar-refractivity contribution in [2.45, 2.75) is 6.42 Å². The molecule has 1 fully saturated rings. The van der Waals surface area contributed by atoms with Crippen molar-refractivity contribution < 1.29 is 9.21 Å². The molecule has 8 heteroatoms. The third kappa shape index (κ3) is 4.75. The minimum atomic E-state index is 0.0977. The van der Waals surface area contributed by atoms with E-state index >= 15 is 0 Å². The van der Waals surface area contributed by atoms with E-state index in [0.717, 1.165) is 43.0 Å². The molecule has 31 heavy (non-hydrogen) atoms. The molecule has 1 aromatic carbocycles. The predicted molar refractivity (Wildman–Crippen MR) is 122 cm³/mol. The monoisotopic (exact) mass is 418 g/mol. The van der Waals surface area contributed by atoms with Gasteiger partial charge < -0.3 is 30.7 Å². The number of hydrogen-bond acceptors (Lipinski definition) is 7. The average Bonchev–Trinajstić information content (AvgIpc) is 3.10. The summed E-state index contributed by atoms with van der Waals surface area (Å²) in [4.78, 5) is 21.3. The van der Waals surface area contributed by atoms with Gasteiger partial charge in [-0.05, 0) is 31.7 Å². The molecular formula is C23H26N6O2. The number of nitrogens with two attached hydrogens (primary N) is 1. The molecule has 8 nitrogen and oxygen atoms in total. The zero-order valence-electron chi connectivity index (χ0n) is 17.5. The molecule has 0 unspecified atom stereocenters. The quantitative estimate of drug-likeness (QED) is 0.508. The smallest absolute Gasteiger partial charge is 0.299 e. The number of amides is 1. The van der Waals surface area contributed by atoms with Gasteiger partial charge in [-0.25, -0.2) is 4.98 Å². The molecule has 160 valence electrons. The van der Waals surface area contributed by atoms with Gasteiger partial charge in [0, 0.05) is 60.5 Å². The van der Waals surface area contributed by atoms with E-state index in [1.807, 2.05) is 29.2 Å². The second-order valence-corrected chi connectivity index (χ2v) is 7.66. The second-order valence-electron chi connectivity index (χ2n) is 7.66. The number of benzene rings is 1. The summed E-state index contributed by atoms with van der Waals surface area (Å²) in [6.07, 6.45) is 11.1. The number of anilines is 3. The van der Waals surface area contributed by atoms with Crippen LogP contribution in [0.1, 0.15) is 17.7 Å². The number of rotatable bonds is 5. The molecule has 1 aromatic heterocycles. The van der Waals surface area contributed by atoms with Gasteiger partial charge in [0.1, 0.15) is 0 Å². The SMILES string of the molecule is CN1CCN(C(=O)C2=CC=C(c3cnc(Nc4ccc(N)c(C=N)c4)o3)C=CC2)CC1. The highest BCUT2D eigenvalue weighted by Crippen LogP contribution is 2.26. The van der Waals surface area contributed by atoms with E-state index in [2.05, 4.69) is 22.2 Å². The van der Waals surface area contributed by atoms with Gasteiger partial charge in [-0.15, -0.1) is 0 Å². The Morgan fingerprint density at radius 3 is 2.84 bits per heavy atom.